The van der Waals surface area contributed by atoms with Crippen molar-refractivity contribution < 1.29 is 0 Å². The van der Waals surface area contributed by atoms with E-state index >= 15 is 0 Å². The zero-order valence-corrected chi connectivity index (χ0v) is 8.08. The van der Waals surface area contributed by atoms with Crippen LogP contribution in [-0.2, 0) is 0 Å². The van der Waals surface area contributed by atoms with Crippen LogP contribution in [0.4, 0.5) is 5.69 Å². The van der Waals surface area contributed by atoms with Gasteiger partial charge in [-0.15, -0.1) is 0 Å². The molecule has 1 heterocycles. The van der Waals surface area contributed by atoms with Crippen LogP contribution in [0.1, 0.15) is 0 Å². The van der Waals surface area contributed by atoms with Gasteiger partial charge in [-0.2, -0.15) is 0 Å². The van der Waals surface area contributed by atoms with Gasteiger partial charge in [0, 0.05) is 4.90 Å². The molecule has 0 amide bonds. The molecular weight excluding hydrogens is 224 g/mol. The third kappa shape index (κ3) is 1.38. The molecule has 3 N–H and O–H groups in total. The Morgan fingerprint density at radius 3 is 2.91 bits per heavy atom. The van der Waals surface area contributed by atoms with Gasteiger partial charge in [0.25, 0.3) is 0 Å². The van der Waals surface area contributed by atoms with Crippen LogP contribution in [-0.4, -0.2) is 3.90 Å². The minimum absolute atomic E-state index is 0.517. The van der Waals surface area contributed by atoms with Gasteiger partial charge in [0.1, 0.15) is 0 Å². The van der Waals surface area contributed by atoms with Gasteiger partial charge in [-0.25, -0.2) is 0 Å². The number of benzene rings is 1. The fourth-order valence-corrected chi connectivity index (χ4v) is 2.62. The van der Waals surface area contributed by atoms with Crippen LogP contribution in [0.25, 0.3) is 0 Å². The number of para-hydroxylation sites is 1. The highest BCUT2D eigenvalue weighted by Gasteiger charge is 2.30. The third-order valence-corrected chi connectivity index (χ3v) is 3.11. The molecule has 0 spiro atoms. The predicted molar refractivity (Wildman–Crippen MR) is 51.8 cm³/mol. The minimum atomic E-state index is -0.517. The number of fused-ring (bicyclic) bond motifs is 1. The normalized spacial score (nSPS) is 27.8. The van der Waals surface area contributed by atoms with Crippen LogP contribution in [0.5, 0.6) is 0 Å². The molecule has 1 aliphatic heterocycles. The molecule has 1 atom stereocenters. The summed E-state index contributed by atoms with van der Waals surface area (Å²) in [6.45, 7) is 0. The summed E-state index contributed by atoms with van der Waals surface area (Å²) in [7, 11) is 0. The van der Waals surface area contributed by atoms with Gasteiger partial charge >= 0.3 is 0 Å². The number of hydrogen-bond acceptors (Lipinski definition) is 3. The zero-order chi connectivity index (χ0) is 7.90. The van der Waals surface area contributed by atoms with Crippen molar-refractivity contribution >= 4 is 33.4 Å². The first-order valence-electron chi connectivity index (χ1n) is 3.21. The van der Waals surface area contributed by atoms with E-state index in [2.05, 4.69) is 21.2 Å². The molecule has 0 fully saturated rings. The van der Waals surface area contributed by atoms with E-state index in [4.69, 9.17) is 5.73 Å². The van der Waals surface area contributed by atoms with Crippen molar-refractivity contribution in [3.8, 4) is 0 Å². The summed E-state index contributed by atoms with van der Waals surface area (Å²) in [6.07, 6.45) is 0. The van der Waals surface area contributed by atoms with Gasteiger partial charge in [-0.05, 0) is 28.1 Å². The Hall–Kier alpha value is -0.190. The van der Waals surface area contributed by atoms with Crippen LogP contribution in [0.3, 0.4) is 0 Å². The number of hydrogen-bond donors (Lipinski definition) is 2. The molecule has 58 valence electrons. The Bertz CT molecular complexity index is 261. The van der Waals surface area contributed by atoms with Crippen LogP contribution in [0, 0.1) is 0 Å². The number of rotatable bonds is 0. The van der Waals surface area contributed by atoms with E-state index in [1.165, 1.54) is 4.90 Å². The molecule has 0 aliphatic carbocycles. The van der Waals surface area contributed by atoms with Crippen molar-refractivity contribution in [3.05, 3.63) is 24.3 Å². The van der Waals surface area contributed by atoms with E-state index in [-0.39, 0.29) is 0 Å². The number of alkyl halides is 1. The Morgan fingerprint density at radius 1 is 1.45 bits per heavy atom. The van der Waals surface area contributed by atoms with Crippen LogP contribution in [0.15, 0.2) is 29.2 Å². The van der Waals surface area contributed by atoms with Gasteiger partial charge in [-0.3, -0.25) is 5.73 Å². The van der Waals surface area contributed by atoms with E-state index < -0.39 is 3.90 Å². The van der Waals surface area contributed by atoms with Crippen molar-refractivity contribution in [2.75, 3.05) is 5.32 Å². The van der Waals surface area contributed by atoms with Gasteiger partial charge in [0.2, 0.25) is 0 Å². The fourth-order valence-electron chi connectivity index (χ4n) is 1.03. The lowest BCUT2D eigenvalue weighted by Crippen LogP contribution is -2.33. The van der Waals surface area contributed by atoms with Crippen LogP contribution in [0.2, 0.25) is 0 Å². The Morgan fingerprint density at radius 2 is 2.18 bits per heavy atom. The molecule has 0 bridgehead atoms. The molecule has 0 saturated carbocycles. The number of anilines is 1. The van der Waals surface area contributed by atoms with E-state index in [0.29, 0.717) is 0 Å². The number of nitrogens with one attached hydrogen (secondary N) is 1. The SMILES string of the molecule is NC1(Br)Nc2ccccc2S1. The molecule has 4 heteroatoms. The Balaban J connectivity index is 2.41. The second-order valence-electron chi connectivity index (χ2n) is 2.37. The molecule has 2 nitrogen and oxygen atoms in total. The van der Waals surface area contributed by atoms with Crippen molar-refractivity contribution in [1.29, 1.82) is 0 Å². The monoisotopic (exact) mass is 230 g/mol. The van der Waals surface area contributed by atoms with Gasteiger partial charge < -0.3 is 5.32 Å². The lowest BCUT2D eigenvalue weighted by atomic mass is 10.3. The maximum atomic E-state index is 5.80. The van der Waals surface area contributed by atoms with E-state index in [1.54, 1.807) is 11.8 Å². The quantitative estimate of drug-likeness (QED) is 0.530. The Kier molecular flexibility index (Phi) is 1.63. The average Bonchev–Trinajstić information content (AvgIpc) is 2.21. The summed E-state index contributed by atoms with van der Waals surface area (Å²) in [6, 6.07) is 8.05. The summed E-state index contributed by atoms with van der Waals surface area (Å²) < 4.78 is -0.517. The number of halogens is 1. The van der Waals surface area contributed by atoms with Gasteiger partial charge in [0.15, 0.2) is 3.90 Å². The summed E-state index contributed by atoms with van der Waals surface area (Å²) >= 11 is 4.93. The van der Waals surface area contributed by atoms with Gasteiger partial charge in [-0.1, -0.05) is 23.9 Å². The lowest BCUT2D eigenvalue weighted by Gasteiger charge is -2.13. The van der Waals surface area contributed by atoms with Crippen molar-refractivity contribution in [2.24, 2.45) is 5.73 Å². The molecule has 1 unspecified atom stereocenters. The second-order valence-corrected chi connectivity index (χ2v) is 5.43. The molecule has 1 aromatic carbocycles. The van der Waals surface area contributed by atoms with Crippen LogP contribution >= 0.6 is 27.7 Å². The number of nitrogens with two attached hydrogens (primary N) is 1. The van der Waals surface area contributed by atoms with E-state index in [0.717, 1.165) is 5.69 Å². The maximum absolute atomic E-state index is 5.80. The van der Waals surface area contributed by atoms with E-state index in [9.17, 15) is 0 Å². The molecular formula is C7H7BrN2S. The third-order valence-electron chi connectivity index (χ3n) is 1.45. The first-order chi connectivity index (χ1) is 5.17. The molecule has 11 heavy (non-hydrogen) atoms. The first-order valence-corrected chi connectivity index (χ1v) is 4.82. The van der Waals surface area contributed by atoms with Crippen molar-refractivity contribution in [3.63, 3.8) is 0 Å². The fraction of sp³-hybridized carbons (Fsp3) is 0.143. The summed E-state index contributed by atoms with van der Waals surface area (Å²) in [5.74, 6) is 0. The zero-order valence-electron chi connectivity index (χ0n) is 5.67. The molecule has 1 aromatic rings. The smallest absolute Gasteiger partial charge is 0.196 e. The number of thioether (sulfide) groups is 1. The summed E-state index contributed by atoms with van der Waals surface area (Å²) in [4.78, 5) is 1.19. The second kappa shape index (κ2) is 2.40. The Labute approximate surface area is 77.7 Å². The minimum Gasteiger partial charge on any atom is -0.349 e. The largest absolute Gasteiger partial charge is 0.349 e. The van der Waals surface area contributed by atoms with E-state index in [1.807, 2.05) is 24.3 Å². The standard InChI is InChI=1S/C7H7BrN2S/c8-7(9)10-5-3-1-2-4-6(5)11-7/h1-4,10H,9H2. The highest BCUT2D eigenvalue weighted by molar-refractivity contribution is 9.12. The molecule has 0 radical (unpaired) electrons. The average molecular weight is 231 g/mol. The maximum Gasteiger partial charge on any atom is 0.196 e. The lowest BCUT2D eigenvalue weighted by molar-refractivity contribution is 1.02. The molecule has 2 rings (SSSR count). The highest BCUT2D eigenvalue weighted by atomic mass is 79.9. The first kappa shape index (κ1) is 7.46. The molecule has 0 aromatic heterocycles. The van der Waals surface area contributed by atoms with Gasteiger partial charge in [0.05, 0.1) is 5.69 Å². The summed E-state index contributed by atoms with van der Waals surface area (Å²) in [5.41, 5.74) is 6.89. The van der Waals surface area contributed by atoms with Crippen molar-refractivity contribution in [2.45, 2.75) is 8.80 Å². The molecule has 0 saturated heterocycles. The molecule has 1 aliphatic rings. The van der Waals surface area contributed by atoms with Crippen LogP contribution < -0.4 is 11.1 Å². The topological polar surface area (TPSA) is 38.0 Å². The highest BCUT2D eigenvalue weighted by Crippen LogP contribution is 2.45. The predicted octanol–water partition coefficient (Wildman–Crippen LogP) is 2.17. The summed E-state index contributed by atoms with van der Waals surface area (Å²) in [5, 5.41) is 3.13. The van der Waals surface area contributed by atoms with Crippen molar-refractivity contribution in [1.82, 2.24) is 0 Å².